The molecule has 0 radical (unpaired) electrons. The van der Waals surface area contributed by atoms with E-state index in [0.717, 1.165) is 23.8 Å². The van der Waals surface area contributed by atoms with E-state index >= 15 is 0 Å². The summed E-state index contributed by atoms with van der Waals surface area (Å²) < 4.78 is 0. The molecule has 0 fully saturated rings. The molecule has 6 nitrogen and oxygen atoms in total. The molecule has 0 unspecified atom stereocenters. The third-order valence-electron chi connectivity index (χ3n) is 3.16. The Morgan fingerprint density at radius 1 is 1.33 bits per heavy atom. The molecule has 0 saturated carbocycles. The molecule has 2 rings (SSSR count). The molecule has 2 aromatic heterocycles. The standard InChI is InChI=1S/C15H19N5O/c1-3-20(10-13-6-4-5-11(2)18-13)14-8-7-12(9-17-14)15(16)19-21/h4-9,21H,3,10H2,1-2H3,(H2,16,19). The van der Waals surface area contributed by atoms with Crippen LogP contribution in [0.25, 0.3) is 0 Å². The topological polar surface area (TPSA) is 87.6 Å². The third-order valence-corrected chi connectivity index (χ3v) is 3.16. The number of pyridine rings is 2. The highest BCUT2D eigenvalue weighted by molar-refractivity contribution is 5.96. The van der Waals surface area contributed by atoms with E-state index in [2.05, 4.69) is 26.9 Å². The number of nitrogens with zero attached hydrogens (tertiary/aromatic N) is 4. The van der Waals surface area contributed by atoms with Crippen LogP contribution in [0.15, 0.2) is 41.7 Å². The van der Waals surface area contributed by atoms with Crippen LogP contribution >= 0.6 is 0 Å². The van der Waals surface area contributed by atoms with Crippen molar-refractivity contribution in [2.75, 3.05) is 11.4 Å². The summed E-state index contributed by atoms with van der Waals surface area (Å²) >= 11 is 0. The molecule has 0 atom stereocenters. The lowest BCUT2D eigenvalue weighted by molar-refractivity contribution is 0.318. The minimum absolute atomic E-state index is 0.0532. The van der Waals surface area contributed by atoms with Gasteiger partial charge >= 0.3 is 0 Å². The maximum atomic E-state index is 8.65. The first kappa shape index (κ1) is 14.8. The fourth-order valence-corrected chi connectivity index (χ4v) is 2.02. The monoisotopic (exact) mass is 285 g/mol. The first-order chi connectivity index (χ1) is 10.1. The molecule has 21 heavy (non-hydrogen) atoms. The Balaban J connectivity index is 2.17. The largest absolute Gasteiger partial charge is 0.409 e. The summed E-state index contributed by atoms with van der Waals surface area (Å²) in [6.07, 6.45) is 1.59. The lowest BCUT2D eigenvalue weighted by Crippen LogP contribution is -2.24. The van der Waals surface area contributed by atoms with Crippen LogP contribution in [0.3, 0.4) is 0 Å². The van der Waals surface area contributed by atoms with Crippen LogP contribution in [-0.4, -0.2) is 27.6 Å². The molecule has 0 aliphatic heterocycles. The first-order valence-electron chi connectivity index (χ1n) is 6.75. The Labute approximate surface area is 123 Å². The number of oxime groups is 1. The van der Waals surface area contributed by atoms with Gasteiger partial charge in [-0.05, 0) is 38.1 Å². The Morgan fingerprint density at radius 3 is 2.71 bits per heavy atom. The van der Waals surface area contributed by atoms with Crippen LogP contribution in [0.2, 0.25) is 0 Å². The predicted octanol–water partition coefficient (Wildman–Crippen LogP) is 1.91. The molecule has 110 valence electrons. The SMILES string of the molecule is CCN(Cc1cccc(C)n1)c1ccc(/C(N)=N/O)cn1. The van der Waals surface area contributed by atoms with Gasteiger partial charge in [-0.25, -0.2) is 4.98 Å². The smallest absolute Gasteiger partial charge is 0.171 e. The van der Waals surface area contributed by atoms with Gasteiger partial charge in [-0.15, -0.1) is 0 Å². The molecular weight excluding hydrogens is 266 g/mol. The molecule has 2 heterocycles. The first-order valence-corrected chi connectivity index (χ1v) is 6.75. The van der Waals surface area contributed by atoms with Crippen molar-refractivity contribution in [1.82, 2.24) is 9.97 Å². The average Bonchev–Trinajstić information content (AvgIpc) is 2.52. The second-order valence-electron chi connectivity index (χ2n) is 4.67. The molecule has 6 heteroatoms. The van der Waals surface area contributed by atoms with Gasteiger partial charge in [0.05, 0.1) is 12.2 Å². The van der Waals surface area contributed by atoms with Gasteiger partial charge in [-0.2, -0.15) is 0 Å². The predicted molar refractivity (Wildman–Crippen MR) is 82.4 cm³/mol. The molecule has 2 aromatic rings. The summed E-state index contributed by atoms with van der Waals surface area (Å²) in [6.45, 7) is 5.54. The number of amidine groups is 1. The zero-order valence-electron chi connectivity index (χ0n) is 12.2. The second-order valence-corrected chi connectivity index (χ2v) is 4.67. The van der Waals surface area contributed by atoms with Crippen LogP contribution in [0.5, 0.6) is 0 Å². The van der Waals surface area contributed by atoms with Crippen molar-refractivity contribution in [3.63, 3.8) is 0 Å². The van der Waals surface area contributed by atoms with Gasteiger partial charge in [0.2, 0.25) is 0 Å². The van der Waals surface area contributed by atoms with Gasteiger partial charge in [0.15, 0.2) is 5.84 Å². The molecule has 3 N–H and O–H groups in total. The molecular formula is C15H19N5O. The van der Waals surface area contributed by atoms with Gasteiger partial charge in [0.25, 0.3) is 0 Å². The van der Waals surface area contributed by atoms with Crippen LogP contribution in [0, 0.1) is 6.92 Å². The van der Waals surface area contributed by atoms with E-state index < -0.39 is 0 Å². The minimum Gasteiger partial charge on any atom is -0.409 e. The molecule has 0 aliphatic rings. The molecule has 0 aliphatic carbocycles. The summed E-state index contributed by atoms with van der Waals surface area (Å²) in [7, 11) is 0. The highest BCUT2D eigenvalue weighted by Crippen LogP contribution is 2.14. The molecule has 0 aromatic carbocycles. The number of anilines is 1. The third kappa shape index (κ3) is 3.68. The van der Waals surface area contributed by atoms with Crippen molar-refractivity contribution < 1.29 is 5.21 Å². The van der Waals surface area contributed by atoms with E-state index in [1.807, 2.05) is 31.2 Å². The van der Waals surface area contributed by atoms with Gasteiger partial charge in [0, 0.05) is 24.0 Å². The van der Waals surface area contributed by atoms with Crippen LogP contribution in [-0.2, 0) is 6.54 Å². The van der Waals surface area contributed by atoms with Crippen LogP contribution in [0.4, 0.5) is 5.82 Å². The minimum atomic E-state index is 0.0532. The Morgan fingerprint density at radius 2 is 2.14 bits per heavy atom. The van der Waals surface area contributed by atoms with Crippen molar-refractivity contribution >= 4 is 11.7 Å². The van der Waals surface area contributed by atoms with E-state index in [1.54, 1.807) is 12.3 Å². The maximum absolute atomic E-state index is 8.65. The Bertz CT molecular complexity index is 624. The van der Waals surface area contributed by atoms with Gasteiger partial charge < -0.3 is 15.8 Å². The van der Waals surface area contributed by atoms with Gasteiger partial charge in [0.1, 0.15) is 5.82 Å². The highest BCUT2D eigenvalue weighted by atomic mass is 16.4. The Kier molecular flexibility index (Phi) is 4.71. The van der Waals surface area contributed by atoms with E-state index in [9.17, 15) is 0 Å². The quantitative estimate of drug-likeness (QED) is 0.379. The lowest BCUT2D eigenvalue weighted by Gasteiger charge is -2.21. The van der Waals surface area contributed by atoms with Crippen molar-refractivity contribution in [3.05, 3.63) is 53.5 Å². The number of hydrogen-bond donors (Lipinski definition) is 2. The summed E-state index contributed by atoms with van der Waals surface area (Å²) in [5.74, 6) is 0.882. The Hall–Kier alpha value is -2.63. The molecule has 0 saturated heterocycles. The summed E-state index contributed by atoms with van der Waals surface area (Å²) in [6, 6.07) is 9.61. The average molecular weight is 285 g/mol. The second kappa shape index (κ2) is 6.69. The number of rotatable bonds is 5. The lowest BCUT2D eigenvalue weighted by atomic mass is 10.2. The molecule has 0 spiro atoms. The maximum Gasteiger partial charge on any atom is 0.171 e. The normalized spacial score (nSPS) is 11.4. The van der Waals surface area contributed by atoms with E-state index in [4.69, 9.17) is 10.9 Å². The number of nitrogens with two attached hydrogens (primary N) is 1. The zero-order valence-corrected chi connectivity index (χ0v) is 12.2. The van der Waals surface area contributed by atoms with Crippen molar-refractivity contribution in [3.8, 4) is 0 Å². The van der Waals surface area contributed by atoms with E-state index in [-0.39, 0.29) is 5.84 Å². The molecule has 0 bridgehead atoms. The highest BCUT2D eigenvalue weighted by Gasteiger charge is 2.08. The van der Waals surface area contributed by atoms with E-state index in [1.165, 1.54) is 0 Å². The number of aromatic nitrogens is 2. The number of hydrogen-bond acceptors (Lipinski definition) is 5. The summed E-state index contributed by atoms with van der Waals surface area (Å²) in [5.41, 5.74) is 8.12. The fraction of sp³-hybridized carbons (Fsp3) is 0.267. The summed E-state index contributed by atoms with van der Waals surface area (Å²) in [4.78, 5) is 11.0. The fourth-order valence-electron chi connectivity index (χ4n) is 2.02. The number of aryl methyl sites for hydroxylation is 1. The van der Waals surface area contributed by atoms with Crippen LogP contribution in [0.1, 0.15) is 23.9 Å². The van der Waals surface area contributed by atoms with Crippen LogP contribution < -0.4 is 10.6 Å². The van der Waals surface area contributed by atoms with Crippen molar-refractivity contribution in [2.24, 2.45) is 10.9 Å². The van der Waals surface area contributed by atoms with Gasteiger partial charge in [-0.3, -0.25) is 4.98 Å². The summed E-state index contributed by atoms with van der Waals surface area (Å²) in [5, 5.41) is 11.6. The zero-order chi connectivity index (χ0) is 15.2. The van der Waals surface area contributed by atoms with Gasteiger partial charge in [-0.1, -0.05) is 11.2 Å². The molecule has 0 amide bonds. The van der Waals surface area contributed by atoms with E-state index in [0.29, 0.717) is 12.1 Å². The van der Waals surface area contributed by atoms with Crippen molar-refractivity contribution in [1.29, 1.82) is 0 Å². The van der Waals surface area contributed by atoms with Crippen molar-refractivity contribution in [2.45, 2.75) is 20.4 Å².